The van der Waals surface area contributed by atoms with E-state index >= 15 is 0 Å². The molecule has 1 aromatic carbocycles. The van der Waals surface area contributed by atoms with Crippen molar-refractivity contribution in [1.82, 2.24) is 9.88 Å². The zero-order valence-corrected chi connectivity index (χ0v) is 15.7. The minimum absolute atomic E-state index is 0.0576. The number of nitrogens with one attached hydrogen (secondary N) is 1. The number of amides is 1. The summed E-state index contributed by atoms with van der Waals surface area (Å²) in [7, 11) is 3.25. The van der Waals surface area contributed by atoms with E-state index < -0.39 is 0 Å². The van der Waals surface area contributed by atoms with Crippen LogP contribution in [-0.4, -0.2) is 42.6 Å². The van der Waals surface area contributed by atoms with Crippen LogP contribution in [0.5, 0.6) is 11.5 Å². The van der Waals surface area contributed by atoms with E-state index in [0.717, 1.165) is 23.4 Å². The lowest BCUT2D eigenvalue weighted by Gasteiger charge is -2.29. The lowest BCUT2D eigenvalue weighted by Crippen LogP contribution is -2.36. The lowest BCUT2D eigenvalue weighted by molar-refractivity contribution is 0.0728. The van der Waals surface area contributed by atoms with Crippen molar-refractivity contribution in [3.63, 3.8) is 0 Å². The van der Waals surface area contributed by atoms with E-state index in [1.54, 1.807) is 20.4 Å². The highest BCUT2D eigenvalue weighted by Crippen LogP contribution is 2.33. The average Bonchev–Trinajstić information content (AvgIpc) is 2.65. The molecular formula is C20H25N3O3. The van der Waals surface area contributed by atoms with Gasteiger partial charge < -0.3 is 19.7 Å². The van der Waals surface area contributed by atoms with Crippen LogP contribution in [0.2, 0.25) is 0 Å². The molecule has 1 amide bonds. The molecule has 0 saturated carbocycles. The molecule has 0 spiro atoms. The van der Waals surface area contributed by atoms with Gasteiger partial charge in [0.05, 0.1) is 14.2 Å². The van der Waals surface area contributed by atoms with Crippen molar-refractivity contribution in [2.75, 3.05) is 26.1 Å². The van der Waals surface area contributed by atoms with Gasteiger partial charge in [-0.25, -0.2) is 0 Å². The van der Waals surface area contributed by atoms with Gasteiger partial charge in [0, 0.05) is 31.0 Å². The second-order valence-electron chi connectivity index (χ2n) is 6.68. The van der Waals surface area contributed by atoms with Crippen LogP contribution in [0.1, 0.15) is 35.5 Å². The third-order valence-electron chi connectivity index (χ3n) is 4.44. The summed E-state index contributed by atoms with van der Waals surface area (Å²) in [6.45, 7) is 5.32. The second-order valence-corrected chi connectivity index (χ2v) is 6.68. The van der Waals surface area contributed by atoms with Crippen molar-refractivity contribution in [1.29, 1.82) is 0 Å². The van der Waals surface area contributed by atoms with E-state index in [0.29, 0.717) is 30.6 Å². The van der Waals surface area contributed by atoms with Gasteiger partial charge in [0.15, 0.2) is 11.5 Å². The van der Waals surface area contributed by atoms with E-state index in [1.807, 2.05) is 29.2 Å². The summed E-state index contributed by atoms with van der Waals surface area (Å²) in [6, 6.07) is 7.94. The largest absolute Gasteiger partial charge is 0.493 e. The second kappa shape index (κ2) is 7.64. The van der Waals surface area contributed by atoms with E-state index in [4.69, 9.17) is 9.47 Å². The van der Waals surface area contributed by atoms with Crippen LogP contribution in [0.4, 0.5) is 5.69 Å². The number of pyridine rings is 1. The molecule has 0 fully saturated rings. The van der Waals surface area contributed by atoms with Crippen LogP contribution in [0.15, 0.2) is 30.5 Å². The Kier molecular flexibility index (Phi) is 5.30. The first-order chi connectivity index (χ1) is 12.5. The number of benzene rings is 1. The van der Waals surface area contributed by atoms with Crippen molar-refractivity contribution in [3.05, 3.63) is 47.3 Å². The first kappa shape index (κ1) is 18.0. The monoisotopic (exact) mass is 355 g/mol. The van der Waals surface area contributed by atoms with Gasteiger partial charge in [-0.3, -0.25) is 9.78 Å². The third kappa shape index (κ3) is 3.74. The third-order valence-corrected chi connectivity index (χ3v) is 4.44. The fraction of sp³-hybridized carbons (Fsp3) is 0.400. The molecule has 2 heterocycles. The van der Waals surface area contributed by atoms with Crippen LogP contribution < -0.4 is 14.8 Å². The first-order valence-corrected chi connectivity index (χ1v) is 8.77. The molecule has 0 unspecified atom stereocenters. The summed E-state index contributed by atoms with van der Waals surface area (Å²) in [5.74, 6) is 1.35. The van der Waals surface area contributed by atoms with E-state index in [9.17, 15) is 4.79 Å². The number of ether oxygens (including phenoxy) is 2. The van der Waals surface area contributed by atoms with Gasteiger partial charge in [0.1, 0.15) is 5.69 Å². The predicted molar refractivity (Wildman–Crippen MR) is 101 cm³/mol. The highest BCUT2D eigenvalue weighted by atomic mass is 16.5. The molecule has 6 nitrogen and oxygen atoms in total. The fourth-order valence-corrected chi connectivity index (χ4v) is 3.19. The van der Waals surface area contributed by atoms with Crippen molar-refractivity contribution in [3.8, 4) is 11.5 Å². The summed E-state index contributed by atoms with van der Waals surface area (Å²) >= 11 is 0. The van der Waals surface area contributed by atoms with Crippen molar-refractivity contribution in [2.24, 2.45) is 0 Å². The highest BCUT2D eigenvalue weighted by molar-refractivity contribution is 5.93. The smallest absolute Gasteiger partial charge is 0.272 e. The Bertz CT molecular complexity index is 805. The maximum atomic E-state index is 12.9. The summed E-state index contributed by atoms with van der Waals surface area (Å²) in [6.07, 6.45) is 2.45. The summed E-state index contributed by atoms with van der Waals surface area (Å²) in [5.41, 5.74) is 3.63. The molecule has 1 aromatic heterocycles. The van der Waals surface area contributed by atoms with Gasteiger partial charge in [-0.1, -0.05) is 0 Å². The summed E-state index contributed by atoms with van der Waals surface area (Å²) in [5, 5.41) is 3.31. The van der Waals surface area contributed by atoms with Crippen LogP contribution in [0.3, 0.4) is 0 Å². The predicted octanol–water partition coefficient (Wildman–Crippen LogP) is 3.12. The molecule has 3 rings (SSSR count). The Labute approximate surface area is 154 Å². The van der Waals surface area contributed by atoms with Crippen LogP contribution in [0.25, 0.3) is 0 Å². The molecule has 0 saturated heterocycles. The highest BCUT2D eigenvalue weighted by Gasteiger charge is 2.24. The molecular weight excluding hydrogens is 330 g/mol. The Morgan fingerprint density at radius 3 is 2.50 bits per heavy atom. The first-order valence-electron chi connectivity index (χ1n) is 8.77. The number of hydrogen-bond acceptors (Lipinski definition) is 5. The number of methoxy groups -OCH3 is 2. The minimum atomic E-state index is -0.0576. The minimum Gasteiger partial charge on any atom is -0.493 e. The van der Waals surface area contributed by atoms with Crippen molar-refractivity contribution >= 4 is 11.6 Å². The molecule has 0 radical (unpaired) electrons. The SMILES string of the molecule is COc1cc2c(cc1OC)CN(C(=O)c1cc(NC(C)C)ccn1)CC2. The van der Waals surface area contributed by atoms with Crippen LogP contribution in [-0.2, 0) is 13.0 Å². The number of hydrogen-bond donors (Lipinski definition) is 1. The quantitative estimate of drug-likeness (QED) is 0.893. The van der Waals surface area contributed by atoms with Gasteiger partial charge in [-0.05, 0) is 55.7 Å². The Morgan fingerprint density at radius 2 is 1.85 bits per heavy atom. The topological polar surface area (TPSA) is 63.7 Å². The van der Waals surface area contributed by atoms with Crippen molar-refractivity contribution < 1.29 is 14.3 Å². The molecule has 1 aliphatic heterocycles. The van der Waals surface area contributed by atoms with Gasteiger partial charge >= 0.3 is 0 Å². The number of anilines is 1. The zero-order valence-electron chi connectivity index (χ0n) is 15.7. The molecule has 26 heavy (non-hydrogen) atoms. The maximum Gasteiger partial charge on any atom is 0.272 e. The molecule has 2 aromatic rings. The Balaban J connectivity index is 1.81. The van der Waals surface area contributed by atoms with Gasteiger partial charge in [0.2, 0.25) is 0 Å². The molecule has 138 valence electrons. The standard InChI is InChI=1S/C20H25N3O3/c1-13(2)22-16-5-7-21-17(11-16)20(24)23-8-6-14-9-18(25-3)19(26-4)10-15(14)12-23/h5,7,9-11,13H,6,8,12H2,1-4H3,(H,21,22). The number of aromatic nitrogens is 1. The molecule has 0 aliphatic carbocycles. The van der Waals surface area contributed by atoms with E-state index in [-0.39, 0.29) is 5.91 Å². The van der Waals surface area contributed by atoms with Crippen LogP contribution >= 0.6 is 0 Å². The van der Waals surface area contributed by atoms with Crippen molar-refractivity contribution in [2.45, 2.75) is 32.9 Å². The normalized spacial score (nSPS) is 13.3. The lowest BCUT2D eigenvalue weighted by atomic mass is 9.98. The summed E-state index contributed by atoms with van der Waals surface area (Å²) < 4.78 is 10.8. The maximum absolute atomic E-state index is 12.9. The number of carbonyl (C=O) groups is 1. The molecule has 1 N–H and O–H groups in total. The van der Waals surface area contributed by atoms with Crippen LogP contribution in [0, 0.1) is 0 Å². The van der Waals surface area contributed by atoms with Gasteiger partial charge in [-0.2, -0.15) is 0 Å². The Morgan fingerprint density at radius 1 is 1.15 bits per heavy atom. The molecule has 0 atom stereocenters. The molecule has 6 heteroatoms. The van der Waals surface area contributed by atoms with Gasteiger partial charge in [0.25, 0.3) is 5.91 Å². The summed E-state index contributed by atoms with van der Waals surface area (Å²) in [4.78, 5) is 19.0. The Hall–Kier alpha value is -2.76. The number of nitrogens with zero attached hydrogens (tertiary/aromatic N) is 2. The van der Waals surface area contributed by atoms with Gasteiger partial charge in [-0.15, -0.1) is 0 Å². The number of rotatable bonds is 5. The number of carbonyl (C=O) groups excluding carboxylic acids is 1. The zero-order chi connectivity index (χ0) is 18.7. The number of fused-ring (bicyclic) bond motifs is 1. The average molecular weight is 355 g/mol. The molecule has 1 aliphatic rings. The van der Waals surface area contributed by atoms with E-state index in [1.165, 1.54) is 5.56 Å². The fourth-order valence-electron chi connectivity index (χ4n) is 3.19. The molecule has 0 bridgehead atoms. The van der Waals surface area contributed by atoms with E-state index in [2.05, 4.69) is 24.1 Å².